The summed E-state index contributed by atoms with van der Waals surface area (Å²) in [4.78, 5) is 0.121. The zero-order valence-corrected chi connectivity index (χ0v) is 41.8. The van der Waals surface area contributed by atoms with E-state index < -0.39 is 10.1 Å². The largest absolute Gasteiger partial charge is 0.320 e. The predicted molar refractivity (Wildman–Crippen MR) is 266 cm³/mol. The summed E-state index contributed by atoms with van der Waals surface area (Å²) in [5.74, 6) is 0. The van der Waals surface area contributed by atoms with Crippen LogP contribution in [0.3, 0.4) is 0 Å². The second kappa shape index (κ2) is 42.1. The molecule has 0 atom stereocenters. The van der Waals surface area contributed by atoms with Crippen LogP contribution in [0.15, 0.2) is 29.2 Å². The Bertz CT molecular complexity index is 1060. The highest BCUT2D eigenvalue weighted by atomic mass is 32.2. The Labute approximate surface area is 377 Å². The fourth-order valence-electron chi connectivity index (χ4n) is 9.75. The molecule has 1 aromatic carbocycles. The van der Waals surface area contributed by atoms with Gasteiger partial charge in [-0.15, -0.1) is 0 Å². The van der Waals surface area contributed by atoms with Gasteiger partial charge in [0, 0.05) is 5.56 Å². The topological polar surface area (TPSA) is 54.4 Å². The molecular formula is C55H106NO3S+. The average Bonchev–Trinajstić information content (AvgIpc) is 3.23. The third-order valence-electron chi connectivity index (χ3n) is 13.7. The van der Waals surface area contributed by atoms with Crippen molar-refractivity contribution >= 4 is 10.1 Å². The van der Waals surface area contributed by atoms with Crippen molar-refractivity contribution < 1.29 is 17.5 Å². The molecule has 0 fully saturated rings. The Kier molecular flexibility index (Phi) is 40.0. The van der Waals surface area contributed by atoms with Crippen LogP contribution in [0, 0.1) is 0 Å². The average molecular weight is 862 g/mol. The van der Waals surface area contributed by atoms with Gasteiger partial charge in [-0.2, -0.15) is 8.42 Å². The summed E-state index contributed by atoms with van der Waals surface area (Å²) in [6.07, 6.45) is 57.4. The Hall–Kier alpha value is -0.910. The monoisotopic (exact) mass is 861 g/mol. The molecule has 1 N–H and O–H groups in total. The van der Waals surface area contributed by atoms with Gasteiger partial charge in [-0.1, -0.05) is 270 Å². The van der Waals surface area contributed by atoms with Crippen LogP contribution in [0.5, 0.6) is 0 Å². The first kappa shape index (κ1) is 57.1. The Morgan fingerprint density at radius 3 is 0.800 bits per heavy atom. The van der Waals surface area contributed by atoms with Gasteiger partial charge in [0.05, 0.1) is 19.6 Å². The molecule has 1 rings (SSSR count). The van der Waals surface area contributed by atoms with Gasteiger partial charge < -0.3 is 4.48 Å². The molecule has 0 radical (unpaired) electrons. The fraction of sp³-hybridized carbons (Fsp3) is 0.891. The van der Waals surface area contributed by atoms with Gasteiger partial charge >= 0.3 is 0 Å². The molecule has 0 saturated carbocycles. The van der Waals surface area contributed by atoms with E-state index in [4.69, 9.17) is 0 Å². The normalized spacial score (nSPS) is 12.2. The number of rotatable bonds is 48. The number of hydrogen-bond acceptors (Lipinski definition) is 2. The molecule has 0 amide bonds. The molecule has 354 valence electrons. The number of unbranched alkanes of at least 4 members (excludes halogenated alkanes) is 39. The minimum atomic E-state index is -4.26. The summed E-state index contributed by atoms with van der Waals surface area (Å²) in [7, 11) is -4.26. The van der Waals surface area contributed by atoms with Crippen molar-refractivity contribution in [1.82, 2.24) is 0 Å². The molecular weight excluding hydrogens is 755 g/mol. The molecule has 0 saturated heterocycles. The maximum absolute atomic E-state index is 12.6. The van der Waals surface area contributed by atoms with E-state index in [-0.39, 0.29) is 4.90 Å². The first-order chi connectivity index (χ1) is 29.4. The summed E-state index contributed by atoms with van der Waals surface area (Å²) in [6.45, 7) is 11.0. The fourth-order valence-corrected chi connectivity index (χ4v) is 10.5. The van der Waals surface area contributed by atoms with Crippen molar-refractivity contribution in [2.45, 2.75) is 302 Å². The van der Waals surface area contributed by atoms with Crippen LogP contribution in [0.2, 0.25) is 0 Å². The highest BCUT2D eigenvalue weighted by molar-refractivity contribution is 7.85. The lowest BCUT2D eigenvalue weighted by Crippen LogP contribution is -2.49. The van der Waals surface area contributed by atoms with Crippen LogP contribution in [0.1, 0.15) is 296 Å². The van der Waals surface area contributed by atoms with E-state index in [1.54, 1.807) is 12.1 Å². The molecule has 0 aromatic heterocycles. The molecule has 0 unspecified atom stereocenters. The number of benzene rings is 1. The Morgan fingerprint density at radius 1 is 0.350 bits per heavy atom. The maximum Gasteiger partial charge on any atom is 0.295 e. The van der Waals surface area contributed by atoms with E-state index in [0.29, 0.717) is 6.54 Å². The lowest BCUT2D eigenvalue weighted by atomic mass is 10.0. The summed E-state index contributed by atoms with van der Waals surface area (Å²) >= 11 is 0. The van der Waals surface area contributed by atoms with Crippen LogP contribution in [0.25, 0.3) is 0 Å². The van der Waals surface area contributed by atoms with E-state index in [1.807, 2.05) is 12.1 Å². The van der Waals surface area contributed by atoms with Crippen molar-refractivity contribution in [3.8, 4) is 0 Å². The maximum atomic E-state index is 12.6. The van der Waals surface area contributed by atoms with Crippen molar-refractivity contribution in [2.75, 3.05) is 19.6 Å². The molecule has 0 aliphatic rings. The first-order valence-electron chi connectivity index (χ1n) is 27.3. The van der Waals surface area contributed by atoms with Crippen molar-refractivity contribution in [1.29, 1.82) is 0 Å². The second-order valence-electron chi connectivity index (χ2n) is 19.5. The zero-order valence-electron chi connectivity index (χ0n) is 41.0. The third kappa shape index (κ3) is 34.6. The SMILES string of the molecule is CCCCCCCCCCCCCCCC[N+](CCCCCCCCCCCCCCCC)(CCCCCCCCCCCCCCCC)Cc1ccccc1S(=O)(=O)O. The standard InChI is InChI=1S/C55H105NO3S/c1-4-7-10-13-16-19-22-25-28-31-34-37-40-45-50-56(53-54-48-43-44-49-55(54)60(57,58)59,51-46-41-38-35-32-29-26-23-20-17-14-11-8-5-2)52-47-42-39-36-33-30-27-24-21-18-15-12-9-6-3/h43-44,48-49H,4-42,45-47,50-53H2,1-3H3/p+1. The first-order valence-corrected chi connectivity index (χ1v) is 28.7. The van der Waals surface area contributed by atoms with Gasteiger partial charge in [0.2, 0.25) is 0 Å². The molecule has 0 bridgehead atoms. The lowest BCUT2D eigenvalue weighted by molar-refractivity contribution is -0.941. The van der Waals surface area contributed by atoms with Gasteiger partial charge in [-0.05, 0) is 44.6 Å². The van der Waals surface area contributed by atoms with Crippen LogP contribution < -0.4 is 0 Å². The zero-order chi connectivity index (χ0) is 43.5. The van der Waals surface area contributed by atoms with Gasteiger partial charge in [0.1, 0.15) is 11.4 Å². The molecule has 1 aromatic rings. The minimum absolute atomic E-state index is 0.121. The Balaban J connectivity index is 2.72. The van der Waals surface area contributed by atoms with Gasteiger partial charge in [-0.3, -0.25) is 4.55 Å². The highest BCUT2D eigenvalue weighted by Crippen LogP contribution is 2.26. The molecule has 60 heavy (non-hydrogen) atoms. The molecule has 0 aliphatic carbocycles. The lowest BCUT2D eigenvalue weighted by Gasteiger charge is -2.40. The van der Waals surface area contributed by atoms with Gasteiger partial charge in [0.25, 0.3) is 10.1 Å². The number of quaternary nitrogens is 1. The second-order valence-corrected chi connectivity index (χ2v) is 20.9. The minimum Gasteiger partial charge on any atom is -0.320 e. The quantitative estimate of drug-likeness (QED) is 0.0403. The van der Waals surface area contributed by atoms with Gasteiger partial charge in [0.15, 0.2) is 0 Å². The summed E-state index contributed by atoms with van der Waals surface area (Å²) in [5.41, 5.74) is 0.807. The molecule has 4 nitrogen and oxygen atoms in total. The van der Waals surface area contributed by atoms with E-state index in [0.717, 1.165) is 29.7 Å². The number of hydrogen-bond donors (Lipinski definition) is 1. The van der Waals surface area contributed by atoms with Crippen molar-refractivity contribution in [3.05, 3.63) is 29.8 Å². The summed E-state index contributed by atoms with van der Waals surface area (Å²) < 4.78 is 36.4. The molecule has 5 heteroatoms. The van der Waals surface area contributed by atoms with E-state index in [9.17, 15) is 13.0 Å². The smallest absolute Gasteiger partial charge is 0.295 e. The Morgan fingerprint density at radius 2 is 0.567 bits per heavy atom. The third-order valence-corrected chi connectivity index (χ3v) is 14.7. The highest BCUT2D eigenvalue weighted by Gasteiger charge is 2.29. The van der Waals surface area contributed by atoms with E-state index in [2.05, 4.69) is 20.8 Å². The van der Waals surface area contributed by atoms with Crippen molar-refractivity contribution in [2.24, 2.45) is 0 Å². The van der Waals surface area contributed by atoms with Gasteiger partial charge in [-0.25, -0.2) is 0 Å². The van der Waals surface area contributed by atoms with E-state index in [1.165, 1.54) is 270 Å². The number of nitrogens with zero attached hydrogens (tertiary/aromatic N) is 1. The van der Waals surface area contributed by atoms with Crippen molar-refractivity contribution in [3.63, 3.8) is 0 Å². The van der Waals surface area contributed by atoms with Crippen LogP contribution in [0.4, 0.5) is 0 Å². The van der Waals surface area contributed by atoms with Crippen LogP contribution in [-0.2, 0) is 16.7 Å². The summed E-state index contributed by atoms with van der Waals surface area (Å²) in [5, 5.41) is 0. The molecule has 0 heterocycles. The predicted octanol–water partition coefficient (Wildman–Crippen LogP) is 18.7. The molecule has 0 aliphatic heterocycles. The van der Waals surface area contributed by atoms with Crippen LogP contribution in [-0.4, -0.2) is 37.1 Å². The van der Waals surface area contributed by atoms with Crippen LogP contribution >= 0.6 is 0 Å². The summed E-state index contributed by atoms with van der Waals surface area (Å²) in [6, 6.07) is 7.31. The molecule has 0 spiro atoms. The van der Waals surface area contributed by atoms with E-state index >= 15 is 0 Å².